The molecule has 0 radical (unpaired) electrons. The summed E-state index contributed by atoms with van der Waals surface area (Å²) in [6.07, 6.45) is 44.5. The minimum absolute atomic E-state index is 0.0780. The van der Waals surface area contributed by atoms with Crippen LogP contribution >= 0.6 is 0 Å². The van der Waals surface area contributed by atoms with Crippen molar-refractivity contribution in [1.82, 2.24) is 0 Å². The van der Waals surface area contributed by atoms with Crippen LogP contribution < -0.4 is 0 Å². The summed E-state index contributed by atoms with van der Waals surface area (Å²) in [6, 6.07) is 0. The minimum atomic E-state index is -0.785. The van der Waals surface area contributed by atoms with Gasteiger partial charge >= 0.3 is 11.9 Å². The molecule has 1 unspecified atom stereocenters. The van der Waals surface area contributed by atoms with E-state index in [0.717, 1.165) is 64.2 Å². The fourth-order valence-electron chi connectivity index (χ4n) is 5.01. The molecule has 0 aliphatic heterocycles. The van der Waals surface area contributed by atoms with Crippen molar-refractivity contribution in [2.45, 2.75) is 180 Å². The maximum absolute atomic E-state index is 12.1. The van der Waals surface area contributed by atoms with Crippen LogP contribution in [0.4, 0.5) is 0 Å². The van der Waals surface area contributed by atoms with Gasteiger partial charge in [-0.3, -0.25) is 9.59 Å². The summed E-state index contributed by atoms with van der Waals surface area (Å²) in [5.74, 6) is -0.628. The number of esters is 2. The Labute approximate surface area is 278 Å². The lowest BCUT2D eigenvalue weighted by molar-refractivity contribution is -0.161. The van der Waals surface area contributed by atoms with Gasteiger partial charge in [-0.15, -0.1) is 0 Å². The van der Waals surface area contributed by atoms with Gasteiger partial charge in [0.25, 0.3) is 0 Å². The number of hydrogen-bond donors (Lipinski definition) is 1. The lowest BCUT2D eigenvalue weighted by atomic mass is 10.0. The van der Waals surface area contributed by atoms with Crippen molar-refractivity contribution in [3.05, 3.63) is 48.6 Å². The molecule has 0 saturated carbocycles. The Hall–Kier alpha value is -2.14. The summed E-state index contributed by atoms with van der Waals surface area (Å²) in [5.41, 5.74) is 0. The molecule has 0 amide bonds. The van der Waals surface area contributed by atoms with Crippen molar-refractivity contribution in [3.8, 4) is 0 Å². The standard InChI is InChI=1S/C40H70O5/c1-3-5-7-9-11-13-15-17-18-19-20-21-22-23-25-27-29-31-33-35-40(43)45-38(36-41)37-44-39(42)34-32-30-28-26-24-16-14-12-10-8-6-4-2/h11,13,17-18,20-21,23,25,38,41H,3-10,12,14-16,19,22,24,26-37H2,1-2H3. The van der Waals surface area contributed by atoms with Crippen molar-refractivity contribution in [3.63, 3.8) is 0 Å². The quantitative estimate of drug-likeness (QED) is 0.0444. The summed E-state index contributed by atoms with van der Waals surface area (Å²) >= 11 is 0. The maximum Gasteiger partial charge on any atom is 0.306 e. The second kappa shape index (κ2) is 36.3. The summed E-state index contributed by atoms with van der Waals surface area (Å²) in [4.78, 5) is 24.2. The first kappa shape index (κ1) is 42.9. The number of unbranched alkanes of at least 4 members (excludes halogenated alkanes) is 17. The average molecular weight is 631 g/mol. The van der Waals surface area contributed by atoms with Crippen molar-refractivity contribution in [2.24, 2.45) is 0 Å². The molecule has 0 heterocycles. The molecule has 0 aliphatic carbocycles. The summed E-state index contributed by atoms with van der Waals surface area (Å²) < 4.78 is 10.6. The highest BCUT2D eigenvalue weighted by atomic mass is 16.6. The van der Waals surface area contributed by atoms with Crippen molar-refractivity contribution >= 4 is 11.9 Å². The van der Waals surface area contributed by atoms with Crippen molar-refractivity contribution < 1.29 is 24.2 Å². The Morgan fingerprint density at radius 3 is 1.38 bits per heavy atom. The van der Waals surface area contributed by atoms with E-state index in [0.29, 0.717) is 12.8 Å². The van der Waals surface area contributed by atoms with Gasteiger partial charge in [0.2, 0.25) is 0 Å². The summed E-state index contributed by atoms with van der Waals surface area (Å²) in [6.45, 7) is 4.07. The fraction of sp³-hybridized carbons (Fsp3) is 0.750. The molecular formula is C40H70O5. The smallest absolute Gasteiger partial charge is 0.306 e. The van der Waals surface area contributed by atoms with Crippen LogP contribution in [0.3, 0.4) is 0 Å². The number of aliphatic hydroxyl groups excluding tert-OH is 1. The molecule has 0 aliphatic rings. The molecule has 0 rings (SSSR count). The van der Waals surface area contributed by atoms with Gasteiger partial charge < -0.3 is 14.6 Å². The zero-order chi connectivity index (χ0) is 32.9. The molecule has 1 atom stereocenters. The molecule has 0 aromatic carbocycles. The Morgan fingerprint density at radius 1 is 0.511 bits per heavy atom. The first-order valence-corrected chi connectivity index (χ1v) is 18.7. The molecule has 0 saturated heterocycles. The zero-order valence-electron chi connectivity index (χ0n) is 29.4. The summed E-state index contributed by atoms with van der Waals surface area (Å²) in [5, 5.41) is 9.52. The molecule has 1 N–H and O–H groups in total. The lowest BCUT2D eigenvalue weighted by Crippen LogP contribution is -2.28. The number of aliphatic hydroxyl groups is 1. The fourth-order valence-corrected chi connectivity index (χ4v) is 5.01. The number of carbonyl (C=O) groups is 2. The highest BCUT2D eigenvalue weighted by Crippen LogP contribution is 2.13. The van der Waals surface area contributed by atoms with Gasteiger partial charge in [0, 0.05) is 12.8 Å². The van der Waals surface area contributed by atoms with Crippen LogP contribution in [0.1, 0.15) is 174 Å². The van der Waals surface area contributed by atoms with E-state index in [1.807, 2.05) is 0 Å². The Kier molecular flexibility index (Phi) is 34.6. The SMILES string of the molecule is CCCCCC=CCC=CCC=CCC=CCCCCCC(=O)OC(CO)COC(=O)CCCCCCCCCCCCCC. The lowest BCUT2D eigenvalue weighted by Gasteiger charge is -2.15. The molecule has 5 heteroatoms. The van der Waals surface area contributed by atoms with E-state index in [-0.39, 0.29) is 25.2 Å². The number of ether oxygens (including phenoxy) is 2. The third-order valence-electron chi connectivity index (χ3n) is 7.88. The monoisotopic (exact) mass is 631 g/mol. The van der Waals surface area contributed by atoms with Gasteiger partial charge in [-0.25, -0.2) is 0 Å². The van der Waals surface area contributed by atoms with E-state index < -0.39 is 6.10 Å². The van der Waals surface area contributed by atoms with Crippen molar-refractivity contribution in [1.29, 1.82) is 0 Å². The second-order valence-corrected chi connectivity index (χ2v) is 12.3. The molecule has 0 aromatic heterocycles. The topological polar surface area (TPSA) is 72.8 Å². The molecular weight excluding hydrogens is 560 g/mol. The molecule has 5 nitrogen and oxygen atoms in total. The third-order valence-corrected chi connectivity index (χ3v) is 7.88. The van der Waals surface area contributed by atoms with E-state index in [1.54, 1.807) is 0 Å². The Balaban J connectivity index is 3.65. The summed E-state index contributed by atoms with van der Waals surface area (Å²) in [7, 11) is 0. The predicted octanol–water partition coefficient (Wildman–Crippen LogP) is 11.5. The minimum Gasteiger partial charge on any atom is -0.462 e. The molecule has 0 bridgehead atoms. The molecule has 0 fully saturated rings. The molecule has 0 aromatic rings. The third kappa shape index (κ3) is 34.6. The first-order chi connectivity index (χ1) is 22.1. The first-order valence-electron chi connectivity index (χ1n) is 18.7. The van der Waals surface area contributed by atoms with Gasteiger partial charge in [-0.2, -0.15) is 0 Å². The van der Waals surface area contributed by atoms with E-state index in [2.05, 4.69) is 62.5 Å². The number of carbonyl (C=O) groups excluding carboxylic acids is 2. The van der Waals surface area contributed by atoms with Crippen LogP contribution in [0.15, 0.2) is 48.6 Å². The number of allylic oxidation sites excluding steroid dienone is 8. The van der Waals surface area contributed by atoms with Crippen LogP contribution in [0, 0.1) is 0 Å². The highest BCUT2D eigenvalue weighted by Gasteiger charge is 2.16. The van der Waals surface area contributed by atoms with Crippen LogP contribution in [0.25, 0.3) is 0 Å². The molecule has 45 heavy (non-hydrogen) atoms. The highest BCUT2D eigenvalue weighted by molar-refractivity contribution is 5.70. The maximum atomic E-state index is 12.1. The molecule has 260 valence electrons. The largest absolute Gasteiger partial charge is 0.462 e. The zero-order valence-corrected chi connectivity index (χ0v) is 29.4. The van der Waals surface area contributed by atoms with Gasteiger partial charge in [-0.1, -0.05) is 152 Å². The Bertz CT molecular complexity index is 767. The predicted molar refractivity (Wildman–Crippen MR) is 191 cm³/mol. The number of hydrogen-bond acceptors (Lipinski definition) is 5. The van der Waals surface area contributed by atoms with Crippen LogP contribution in [0.5, 0.6) is 0 Å². The van der Waals surface area contributed by atoms with Gasteiger partial charge in [-0.05, 0) is 57.8 Å². The van der Waals surface area contributed by atoms with E-state index in [1.165, 1.54) is 83.5 Å². The molecule has 0 spiro atoms. The van der Waals surface area contributed by atoms with Gasteiger partial charge in [0.15, 0.2) is 6.10 Å². The van der Waals surface area contributed by atoms with Crippen molar-refractivity contribution in [2.75, 3.05) is 13.2 Å². The van der Waals surface area contributed by atoms with Gasteiger partial charge in [0.1, 0.15) is 6.61 Å². The second-order valence-electron chi connectivity index (χ2n) is 12.3. The van der Waals surface area contributed by atoms with Crippen LogP contribution in [0.2, 0.25) is 0 Å². The number of rotatable bonds is 33. The average Bonchev–Trinajstić information content (AvgIpc) is 3.04. The van der Waals surface area contributed by atoms with E-state index in [4.69, 9.17) is 9.47 Å². The van der Waals surface area contributed by atoms with Gasteiger partial charge in [0.05, 0.1) is 6.61 Å². The Morgan fingerprint density at radius 2 is 0.889 bits per heavy atom. The van der Waals surface area contributed by atoms with E-state index in [9.17, 15) is 14.7 Å². The van der Waals surface area contributed by atoms with Crippen LogP contribution in [-0.4, -0.2) is 36.4 Å². The van der Waals surface area contributed by atoms with E-state index >= 15 is 0 Å². The van der Waals surface area contributed by atoms with Crippen LogP contribution in [-0.2, 0) is 19.1 Å². The normalized spacial score (nSPS) is 12.7.